The summed E-state index contributed by atoms with van der Waals surface area (Å²) in [6.45, 7) is -0.298. The Morgan fingerprint density at radius 3 is 3.15 bits per heavy atom. The van der Waals surface area contributed by atoms with Gasteiger partial charge in [-0.3, -0.25) is 9.78 Å². The average molecular weight is 282 g/mol. The quantitative estimate of drug-likeness (QED) is 0.527. The van der Waals surface area contributed by atoms with E-state index < -0.39 is 18.4 Å². The fraction of sp³-hybridized carbons (Fsp3) is 0.545. The Kier molecular flexibility index (Phi) is 3.16. The lowest BCUT2D eigenvalue weighted by Crippen LogP contribution is -2.29. The number of nitrogens with zero attached hydrogens (tertiary/aromatic N) is 2. The lowest BCUT2D eigenvalue weighted by Gasteiger charge is -2.15. The van der Waals surface area contributed by atoms with E-state index in [1.54, 1.807) is 7.05 Å². The first kappa shape index (κ1) is 13.0. The number of nitrogens with one attached hydrogen (secondary N) is 3. The number of aliphatic hydroxyl groups excluding tert-OH is 2. The molecule has 20 heavy (non-hydrogen) atoms. The summed E-state index contributed by atoms with van der Waals surface area (Å²) in [5.41, 5.74) is 0.457. The molecule has 0 amide bonds. The first-order valence-electron chi connectivity index (χ1n) is 6.29. The van der Waals surface area contributed by atoms with Gasteiger partial charge in [0.1, 0.15) is 12.3 Å². The predicted molar refractivity (Wildman–Crippen MR) is 68.1 cm³/mol. The maximum atomic E-state index is 12.5. The number of aromatic amines is 2. The van der Waals surface area contributed by atoms with Gasteiger partial charge in [0.2, 0.25) is 5.52 Å². The molecule has 1 fully saturated rings. The van der Waals surface area contributed by atoms with Crippen LogP contribution in [0.25, 0.3) is 11.2 Å². The van der Waals surface area contributed by atoms with E-state index in [2.05, 4.69) is 20.3 Å². The summed E-state index contributed by atoms with van der Waals surface area (Å²) in [5.74, 6) is 0.328. The van der Waals surface area contributed by atoms with Crippen molar-refractivity contribution in [3.8, 4) is 0 Å². The van der Waals surface area contributed by atoms with Gasteiger partial charge < -0.3 is 20.3 Å². The van der Waals surface area contributed by atoms with Crippen molar-refractivity contribution in [1.29, 1.82) is 0 Å². The van der Waals surface area contributed by atoms with Crippen LogP contribution in [-0.2, 0) is 4.74 Å². The van der Waals surface area contributed by atoms with Gasteiger partial charge in [-0.15, -0.1) is 0 Å². The molecule has 1 aliphatic rings. The molecule has 5 N–H and O–H groups in total. The molecule has 1 unspecified atom stereocenters. The fourth-order valence-electron chi connectivity index (χ4n) is 2.43. The van der Waals surface area contributed by atoms with Gasteiger partial charge in [0, 0.05) is 13.5 Å². The lowest BCUT2D eigenvalue weighted by molar-refractivity contribution is -0.347. The highest BCUT2D eigenvalue weighted by Crippen LogP contribution is 2.29. The third-order valence-corrected chi connectivity index (χ3v) is 3.44. The molecule has 108 valence electrons. The number of fused-ring (bicyclic) bond motifs is 1. The minimum absolute atomic E-state index is 0.220. The van der Waals surface area contributed by atoms with Crippen molar-refractivity contribution in [2.24, 2.45) is 0 Å². The fourth-order valence-corrected chi connectivity index (χ4v) is 2.43. The number of hydrogen-bond acceptors (Lipinski definition) is 6. The zero-order chi connectivity index (χ0) is 14.3. The second-order valence-electron chi connectivity index (χ2n) is 4.63. The average Bonchev–Trinajstić information content (AvgIpc) is 3.04. The molecular weight excluding hydrogens is 266 g/mol. The summed E-state index contributed by atoms with van der Waals surface area (Å²) in [6, 6.07) is 0. The van der Waals surface area contributed by atoms with Crippen LogP contribution in [0.1, 0.15) is 12.6 Å². The maximum Gasteiger partial charge on any atom is 0.309 e. The minimum Gasteiger partial charge on any atom is -0.394 e. The van der Waals surface area contributed by atoms with Gasteiger partial charge in [0.25, 0.3) is 5.95 Å². The Morgan fingerprint density at radius 2 is 2.50 bits per heavy atom. The van der Waals surface area contributed by atoms with Crippen molar-refractivity contribution in [2.75, 3.05) is 19.0 Å². The van der Waals surface area contributed by atoms with Crippen molar-refractivity contribution in [3.05, 3.63) is 16.7 Å². The number of imidazole rings is 1. The van der Waals surface area contributed by atoms with Gasteiger partial charge in [-0.1, -0.05) is 4.98 Å². The molecule has 3 atom stereocenters. The molecular formula is C11H16N5O4+. The van der Waals surface area contributed by atoms with E-state index in [9.17, 15) is 9.90 Å². The summed E-state index contributed by atoms with van der Waals surface area (Å²) in [7, 11) is 1.64. The highest BCUT2D eigenvalue weighted by molar-refractivity contribution is 5.66. The van der Waals surface area contributed by atoms with Gasteiger partial charge in [-0.25, -0.2) is 9.55 Å². The van der Waals surface area contributed by atoms with Crippen molar-refractivity contribution in [1.82, 2.24) is 14.5 Å². The zero-order valence-corrected chi connectivity index (χ0v) is 10.8. The van der Waals surface area contributed by atoms with Crippen molar-refractivity contribution >= 4 is 17.1 Å². The molecule has 9 heteroatoms. The Bertz CT molecular complexity index is 681. The molecule has 0 bridgehead atoms. The third-order valence-electron chi connectivity index (χ3n) is 3.44. The molecule has 3 rings (SSSR count). The topological polar surface area (TPSA) is 127 Å². The number of rotatable bonds is 3. The van der Waals surface area contributed by atoms with Crippen LogP contribution < -0.4 is 15.9 Å². The molecule has 0 saturated carbocycles. The molecule has 1 saturated heterocycles. The van der Waals surface area contributed by atoms with E-state index in [0.29, 0.717) is 17.1 Å². The molecule has 1 aliphatic heterocycles. The lowest BCUT2D eigenvalue weighted by atomic mass is 10.2. The number of H-pyrrole nitrogens is 2. The monoisotopic (exact) mass is 282 g/mol. The second kappa shape index (κ2) is 4.85. The van der Waals surface area contributed by atoms with Gasteiger partial charge in [0.15, 0.2) is 6.33 Å². The van der Waals surface area contributed by atoms with Crippen LogP contribution in [0.15, 0.2) is 11.1 Å². The summed E-state index contributed by atoms with van der Waals surface area (Å²) in [4.78, 5) is 22.4. The zero-order valence-electron chi connectivity index (χ0n) is 10.8. The van der Waals surface area contributed by atoms with Crippen LogP contribution in [0.5, 0.6) is 0 Å². The van der Waals surface area contributed by atoms with E-state index in [4.69, 9.17) is 9.84 Å². The summed E-state index contributed by atoms with van der Waals surface area (Å²) in [6.07, 6.45) is -0.437. The van der Waals surface area contributed by atoms with Crippen molar-refractivity contribution in [2.45, 2.75) is 24.9 Å². The van der Waals surface area contributed by atoms with Gasteiger partial charge in [-0.2, -0.15) is 0 Å². The second-order valence-corrected chi connectivity index (χ2v) is 4.63. The summed E-state index contributed by atoms with van der Waals surface area (Å²) < 4.78 is 6.86. The minimum atomic E-state index is -0.812. The van der Waals surface area contributed by atoms with E-state index in [-0.39, 0.29) is 18.6 Å². The number of hydrogen-bond donors (Lipinski definition) is 4. The van der Waals surface area contributed by atoms with Gasteiger partial charge >= 0.3 is 11.2 Å². The third kappa shape index (κ3) is 1.87. The molecule has 2 aromatic heterocycles. The SMILES string of the molecule is CNc1nc2[nH+]c[nH]c2c(=O)n1C1C[C@H](O)[C@@H](CO)O1. The number of aliphatic hydroxyl groups is 2. The smallest absolute Gasteiger partial charge is 0.309 e. The Balaban J connectivity index is 2.11. The first-order valence-corrected chi connectivity index (χ1v) is 6.29. The van der Waals surface area contributed by atoms with Crippen LogP contribution in [0.2, 0.25) is 0 Å². The highest BCUT2D eigenvalue weighted by atomic mass is 16.5. The normalized spacial score (nSPS) is 26.2. The maximum absolute atomic E-state index is 12.5. The Morgan fingerprint density at radius 1 is 1.70 bits per heavy atom. The van der Waals surface area contributed by atoms with Crippen LogP contribution >= 0.6 is 0 Å². The van der Waals surface area contributed by atoms with Crippen molar-refractivity contribution in [3.63, 3.8) is 0 Å². The molecule has 2 aromatic rings. The van der Waals surface area contributed by atoms with Crippen LogP contribution in [-0.4, -0.2) is 50.6 Å². The first-order chi connectivity index (χ1) is 9.65. The molecule has 0 aliphatic carbocycles. The molecule has 0 radical (unpaired) electrons. The van der Waals surface area contributed by atoms with Crippen LogP contribution in [0.4, 0.5) is 5.95 Å². The number of ether oxygens (including phenoxy) is 1. The van der Waals surface area contributed by atoms with E-state index >= 15 is 0 Å². The van der Waals surface area contributed by atoms with E-state index in [1.807, 2.05) is 0 Å². The molecule has 3 heterocycles. The van der Waals surface area contributed by atoms with E-state index in [0.717, 1.165) is 0 Å². The van der Waals surface area contributed by atoms with E-state index in [1.165, 1.54) is 10.9 Å². The number of aromatic nitrogens is 4. The van der Waals surface area contributed by atoms with Crippen molar-refractivity contribution < 1.29 is 19.9 Å². The Hall–Kier alpha value is -1.97. The largest absolute Gasteiger partial charge is 0.394 e. The van der Waals surface area contributed by atoms with Crippen LogP contribution in [0.3, 0.4) is 0 Å². The summed E-state index contributed by atoms with van der Waals surface area (Å²) >= 11 is 0. The molecule has 0 spiro atoms. The van der Waals surface area contributed by atoms with Gasteiger partial charge in [0.05, 0.1) is 12.7 Å². The molecule has 9 nitrogen and oxygen atoms in total. The summed E-state index contributed by atoms with van der Waals surface area (Å²) in [5, 5.41) is 21.8. The highest BCUT2D eigenvalue weighted by Gasteiger charge is 2.37. The standard InChI is InChI=1S/C11H15N5O4/c1-12-11-15-9-8(13-4-14-9)10(19)16(11)7-2-5(18)6(3-17)20-7/h4-7,17-18H,2-3H2,1H3,(H,12,15)(H,13,14)/p+1/t5-,6+,7?/m0/s1. The predicted octanol–water partition coefficient (Wildman–Crippen LogP) is -1.78. The molecule has 0 aromatic carbocycles. The van der Waals surface area contributed by atoms with Gasteiger partial charge in [-0.05, 0) is 0 Å². The Labute approximate surface area is 113 Å². The number of anilines is 1. The van der Waals surface area contributed by atoms with Crippen LogP contribution in [0, 0.1) is 0 Å².